The van der Waals surface area contributed by atoms with Crippen LogP contribution in [0.3, 0.4) is 0 Å². The largest absolute Gasteiger partial charge is 0.361 e. The van der Waals surface area contributed by atoms with Crippen LogP contribution in [-0.2, 0) is 11.2 Å². The van der Waals surface area contributed by atoms with Gasteiger partial charge in [-0.15, -0.1) is 0 Å². The minimum atomic E-state index is -0.226. The van der Waals surface area contributed by atoms with Crippen LogP contribution in [0.25, 0.3) is 0 Å². The Balaban J connectivity index is 2.46. The van der Waals surface area contributed by atoms with Crippen LogP contribution in [0.1, 0.15) is 51.7 Å². The fourth-order valence-electron chi connectivity index (χ4n) is 2.70. The van der Waals surface area contributed by atoms with Crippen LogP contribution in [0.2, 0.25) is 0 Å². The molecule has 1 atom stereocenters. The third kappa shape index (κ3) is 7.97. The van der Waals surface area contributed by atoms with E-state index in [9.17, 15) is 4.79 Å². The molecule has 0 fully saturated rings. The smallest absolute Gasteiger partial charge is 0.233 e. The van der Waals surface area contributed by atoms with Crippen LogP contribution in [0, 0.1) is 5.92 Å². The number of likely N-dealkylation sites (N-methyl/N-ethyl adjacent to an activating group) is 1. The fraction of sp³-hybridized carbons (Fsp3) is 0.600. The number of rotatable bonds is 9. The lowest BCUT2D eigenvalue weighted by molar-refractivity contribution is -0.120. The molecular weight excluding hydrogens is 330 g/mol. The first kappa shape index (κ1) is 21.6. The van der Waals surface area contributed by atoms with Gasteiger partial charge in [0.25, 0.3) is 0 Å². The van der Waals surface area contributed by atoms with Crippen molar-refractivity contribution in [3.63, 3.8) is 0 Å². The number of carbonyl (C=O) groups excluding carboxylic acids is 1. The van der Waals surface area contributed by atoms with Gasteiger partial charge in [-0.05, 0) is 55.7 Å². The van der Waals surface area contributed by atoms with Gasteiger partial charge in [-0.3, -0.25) is 4.79 Å². The van der Waals surface area contributed by atoms with Gasteiger partial charge in [-0.25, -0.2) is 0 Å². The molecule has 1 aromatic rings. The molecule has 1 aromatic carbocycles. The summed E-state index contributed by atoms with van der Waals surface area (Å²) in [7, 11) is 0. The second-order valence-corrected chi connectivity index (χ2v) is 7.24. The number of nitrogens with zero attached hydrogens (tertiary/aromatic N) is 1. The van der Waals surface area contributed by atoms with E-state index in [2.05, 4.69) is 55.4 Å². The minimum Gasteiger partial charge on any atom is -0.361 e. The van der Waals surface area contributed by atoms with E-state index in [1.807, 2.05) is 19.1 Å². The molecule has 1 amide bonds. The quantitative estimate of drug-likeness (QED) is 0.661. The molecule has 1 unspecified atom stereocenters. The summed E-state index contributed by atoms with van der Waals surface area (Å²) in [5.41, 5.74) is 2.32. The van der Waals surface area contributed by atoms with E-state index >= 15 is 0 Å². The summed E-state index contributed by atoms with van der Waals surface area (Å²) in [6.45, 7) is 14.3. The second-order valence-electron chi connectivity index (χ2n) is 6.83. The summed E-state index contributed by atoms with van der Waals surface area (Å²) in [5.74, 6) is 0.332. The Hall–Kier alpha value is -1.46. The molecule has 5 heteroatoms. The number of hydrogen-bond acceptors (Lipinski definition) is 3. The van der Waals surface area contributed by atoms with Crippen LogP contribution in [-0.4, -0.2) is 42.1 Å². The van der Waals surface area contributed by atoms with Gasteiger partial charge >= 0.3 is 0 Å². The van der Waals surface area contributed by atoms with Gasteiger partial charge in [0.15, 0.2) is 5.11 Å². The monoisotopic (exact) mass is 363 g/mol. The van der Waals surface area contributed by atoms with E-state index in [0.29, 0.717) is 11.0 Å². The zero-order valence-electron chi connectivity index (χ0n) is 16.3. The maximum Gasteiger partial charge on any atom is 0.233 e. The molecule has 0 spiro atoms. The van der Waals surface area contributed by atoms with Crippen molar-refractivity contribution in [3.05, 3.63) is 35.4 Å². The third-order valence-corrected chi connectivity index (χ3v) is 4.61. The topological polar surface area (TPSA) is 44.4 Å². The van der Waals surface area contributed by atoms with E-state index in [1.165, 1.54) is 5.56 Å². The minimum absolute atomic E-state index is 0.0723. The summed E-state index contributed by atoms with van der Waals surface area (Å²) in [5, 5.41) is 6.31. The summed E-state index contributed by atoms with van der Waals surface area (Å²) in [4.78, 5) is 14.7. The van der Waals surface area contributed by atoms with E-state index < -0.39 is 0 Å². The summed E-state index contributed by atoms with van der Waals surface area (Å²) in [6, 6.07) is 8.30. The average molecular weight is 364 g/mol. The van der Waals surface area contributed by atoms with Gasteiger partial charge in [-0.2, -0.15) is 0 Å². The molecule has 0 aliphatic heterocycles. The Morgan fingerprint density at radius 3 is 2.24 bits per heavy atom. The Bertz CT molecular complexity index is 538. The third-order valence-electron chi connectivity index (χ3n) is 4.36. The van der Waals surface area contributed by atoms with Crippen molar-refractivity contribution in [1.82, 2.24) is 15.5 Å². The Labute approximate surface area is 158 Å². The first-order chi connectivity index (χ1) is 11.9. The summed E-state index contributed by atoms with van der Waals surface area (Å²) < 4.78 is 0. The molecular formula is C20H33N3OS. The molecule has 4 nitrogen and oxygen atoms in total. The van der Waals surface area contributed by atoms with E-state index in [-0.39, 0.29) is 11.8 Å². The maximum atomic E-state index is 12.4. The van der Waals surface area contributed by atoms with Crippen LogP contribution in [0.15, 0.2) is 24.3 Å². The van der Waals surface area contributed by atoms with E-state index in [0.717, 1.165) is 38.2 Å². The molecule has 25 heavy (non-hydrogen) atoms. The van der Waals surface area contributed by atoms with Crippen LogP contribution >= 0.6 is 12.2 Å². The highest BCUT2D eigenvalue weighted by molar-refractivity contribution is 7.80. The lowest BCUT2D eigenvalue weighted by atomic mass is 9.96. The summed E-state index contributed by atoms with van der Waals surface area (Å²) >= 11 is 5.23. The highest BCUT2D eigenvalue weighted by Gasteiger charge is 2.16. The molecule has 0 aliphatic rings. The summed E-state index contributed by atoms with van der Waals surface area (Å²) in [6.07, 6.45) is 1.06. The molecule has 0 aromatic heterocycles. The zero-order chi connectivity index (χ0) is 18.8. The van der Waals surface area contributed by atoms with E-state index in [4.69, 9.17) is 12.2 Å². The highest BCUT2D eigenvalue weighted by Crippen LogP contribution is 2.17. The van der Waals surface area contributed by atoms with Crippen molar-refractivity contribution in [2.45, 2.75) is 47.0 Å². The normalized spacial score (nSPS) is 12.3. The molecule has 0 saturated heterocycles. The van der Waals surface area contributed by atoms with Gasteiger partial charge in [0.1, 0.15) is 0 Å². The average Bonchev–Trinajstić information content (AvgIpc) is 2.58. The van der Waals surface area contributed by atoms with Crippen molar-refractivity contribution in [3.8, 4) is 0 Å². The number of amides is 1. The standard InChI is InChI=1S/C20H33N3OS/c1-6-23(7-2)13-12-21-20(25)22-19(24)16(5)18-10-8-17(9-11-18)14-15(3)4/h8-11,15-16H,6-7,12-14H2,1-5H3,(H2,21,22,24,25). The van der Waals surface area contributed by atoms with Gasteiger partial charge < -0.3 is 15.5 Å². The second kappa shape index (κ2) is 11.2. The molecule has 1 rings (SSSR count). The predicted octanol–water partition coefficient (Wildman–Crippen LogP) is 3.32. The molecule has 0 heterocycles. The van der Waals surface area contributed by atoms with Crippen molar-refractivity contribution in [2.24, 2.45) is 5.92 Å². The molecule has 0 bridgehead atoms. The number of carbonyl (C=O) groups is 1. The SMILES string of the molecule is CCN(CC)CCNC(=S)NC(=O)C(C)c1ccc(CC(C)C)cc1. The van der Waals surface area contributed by atoms with Crippen LogP contribution < -0.4 is 10.6 Å². The molecule has 0 aliphatic carbocycles. The van der Waals surface area contributed by atoms with Gasteiger partial charge in [-0.1, -0.05) is 52.0 Å². The maximum absolute atomic E-state index is 12.4. The molecule has 0 saturated carbocycles. The Morgan fingerprint density at radius 1 is 1.12 bits per heavy atom. The van der Waals surface area contributed by atoms with Gasteiger partial charge in [0.05, 0.1) is 5.92 Å². The number of hydrogen-bond donors (Lipinski definition) is 2. The zero-order valence-corrected chi connectivity index (χ0v) is 17.1. The first-order valence-electron chi connectivity index (χ1n) is 9.27. The van der Waals surface area contributed by atoms with Crippen molar-refractivity contribution >= 4 is 23.2 Å². The molecule has 0 radical (unpaired) electrons. The Kier molecular flexibility index (Phi) is 9.68. The van der Waals surface area contributed by atoms with E-state index in [1.54, 1.807) is 0 Å². The lowest BCUT2D eigenvalue weighted by Crippen LogP contribution is -2.43. The van der Waals surface area contributed by atoms with Gasteiger partial charge in [0, 0.05) is 13.1 Å². The molecule has 140 valence electrons. The molecule has 2 N–H and O–H groups in total. The van der Waals surface area contributed by atoms with Crippen LogP contribution in [0.5, 0.6) is 0 Å². The van der Waals surface area contributed by atoms with Crippen molar-refractivity contribution < 1.29 is 4.79 Å². The van der Waals surface area contributed by atoms with Gasteiger partial charge in [0.2, 0.25) is 5.91 Å². The van der Waals surface area contributed by atoms with Crippen molar-refractivity contribution in [1.29, 1.82) is 0 Å². The predicted molar refractivity (Wildman–Crippen MR) is 110 cm³/mol. The van der Waals surface area contributed by atoms with Crippen molar-refractivity contribution in [2.75, 3.05) is 26.2 Å². The fourth-order valence-corrected chi connectivity index (χ4v) is 2.90. The highest BCUT2D eigenvalue weighted by atomic mass is 32.1. The number of thiocarbonyl (C=S) groups is 1. The number of nitrogens with one attached hydrogen (secondary N) is 2. The lowest BCUT2D eigenvalue weighted by Gasteiger charge is -2.19. The Morgan fingerprint density at radius 2 is 1.72 bits per heavy atom. The first-order valence-corrected chi connectivity index (χ1v) is 9.68. The number of benzene rings is 1. The van der Waals surface area contributed by atoms with Crippen LogP contribution in [0.4, 0.5) is 0 Å².